The number of hydrogen-bond acceptors (Lipinski definition) is 6. The van der Waals surface area contributed by atoms with Crippen molar-refractivity contribution in [3.8, 4) is 0 Å². The fraction of sp³-hybridized carbons (Fsp3) is 0.895. The highest BCUT2D eigenvalue weighted by molar-refractivity contribution is 5.71. The standard InChI is InChI=1S/C19H37NO6/c1-5-6-7-8-9-10-11-16(21)17(22)13-19(25)26-15(12-18(23)24)14-20(2,3)4/h15-17,21-22H,5-14H2,1-4H3. The molecule has 0 saturated carbocycles. The van der Waals surface area contributed by atoms with E-state index in [4.69, 9.17) is 4.74 Å². The van der Waals surface area contributed by atoms with Gasteiger partial charge in [-0.15, -0.1) is 0 Å². The number of unbranched alkanes of at least 4 members (excludes halogenated alkanes) is 5. The fourth-order valence-corrected chi connectivity index (χ4v) is 2.81. The fourth-order valence-electron chi connectivity index (χ4n) is 2.81. The van der Waals surface area contributed by atoms with Crippen LogP contribution >= 0.6 is 0 Å². The lowest BCUT2D eigenvalue weighted by Gasteiger charge is -2.29. The molecule has 3 atom stereocenters. The molecule has 0 rings (SSSR count). The van der Waals surface area contributed by atoms with Gasteiger partial charge >= 0.3 is 5.97 Å². The van der Waals surface area contributed by atoms with E-state index in [2.05, 4.69) is 6.92 Å². The molecule has 0 aliphatic rings. The number of aliphatic hydroxyl groups excluding tert-OH is 2. The Kier molecular flexibility index (Phi) is 12.5. The summed E-state index contributed by atoms with van der Waals surface area (Å²) < 4.78 is 5.61. The first-order chi connectivity index (χ1) is 12.0. The minimum absolute atomic E-state index is 0.316. The highest BCUT2D eigenvalue weighted by Crippen LogP contribution is 2.13. The van der Waals surface area contributed by atoms with Crippen molar-refractivity contribution in [3.05, 3.63) is 0 Å². The summed E-state index contributed by atoms with van der Waals surface area (Å²) in [7, 11) is 5.57. The van der Waals surface area contributed by atoms with Crippen LogP contribution in [0.2, 0.25) is 0 Å². The van der Waals surface area contributed by atoms with Gasteiger partial charge in [0.05, 0.1) is 39.8 Å². The summed E-state index contributed by atoms with van der Waals surface area (Å²) in [6.07, 6.45) is 3.14. The van der Waals surface area contributed by atoms with Crippen molar-refractivity contribution in [1.29, 1.82) is 0 Å². The Morgan fingerprint density at radius 1 is 0.962 bits per heavy atom. The van der Waals surface area contributed by atoms with Crippen LogP contribution in [0.1, 0.15) is 64.7 Å². The zero-order chi connectivity index (χ0) is 20.2. The molecule has 0 aromatic carbocycles. The van der Waals surface area contributed by atoms with E-state index in [0.717, 1.165) is 19.3 Å². The minimum atomic E-state index is -1.29. The highest BCUT2D eigenvalue weighted by Gasteiger charge is 2.25. The zero-order valence-electron chi connectivity index (χ0n) is 16.8. The van der Waals surface area contributed by atoms with Gasteiger partial charge in [-0.3, -0.25) is 4.79 Å². The highest BCUT2D eigenvalue weighted by atomic mass is 16.5. The number of hydrogen-bond donors (Lipinski definition) is 2. The lowest BCUT2D eigenvalue weighted by Crippen LogP contribution is -2.45. The van der Waals surface area contributed by atoms with E-state index in [-0.39, 0.29) is 6.42 Å². The molecular weight excluding hydrogens is 338 g/mol. The molecule has 0 spiro atoms. The summed E-state index contributed by atoms with van der Waals surface area (Å²) in [5.41, 5.74) is 0. The van der Waals surface area contributed by atoms with Crippen LogP contribution in [0.25, 0.3) is 0 Å². The van der Waals surface area contributed by atoms with Gasteiger partial charge in [-0.2, -0.15) is 0 Å². The average molecular weight is 376 g/mol. The number of esters is 1. The third-order valence-electron chi connectivity index (χ3n) is 4.12. The normalized spacial score (nSPS) is 15.3. The Morgan fingerprint density at radius 2 is 1.54 bits per heavy atom. The minimum Gasteiger partial charge on any atom is -0.550 e. The zero-order valence-corrected chi connectivity index (χ0v) is 16.8. The number of likely N-dealkylation sites (N-methyl/N-ethyl adjacent to an activating group) is 1. The van der Waals surface area contributed by atoms with Crippen molar-refractivity contribution < 1.29 is 34.1 Å². The van der Waals surface area contributed by atoms with E-state index in [0.29, 0.717) is 17.4 Å². The van der Waals surface area contributed by atoms with Crippen molar-refractivity contribution >= 4 is 11.9 Å². The second kappa shape index (κ2) is 13.1. The van der Waals surface area contributed by atoms with Gasteiger partial charge in [-0.1, -0.05) is 45.4 Å². The molecule has 0 saturated heterocycles. The smallest absolute Gasteiger partial charge is 0.309 e. The van der Waals surface area contributed by atoms with E-state index in [1.807, 2.05) is 21.1 Å². The first-order valence-electron chi connectivity index (χ1n) is 9.61. The Bertz CT molecular complexity index is 407. The summed E-state index contributed by atoms with van der Waals surface area (Å²) >= 11 is 0. The molecule has 0 aromatic rings. The SMILES string of the molecule is CCCCCCCCC(O)C(O)CC(=O)OC(CC(=O)[O-])C[N+](C)(C)C. The summed E-state index contributed by atoms with van der Waals surface area (Å²) in [4.78, 5) is 22.8. The Hall–Kier alpha value is -1.18. The molecule has 2 N–H and O–H groups in total. The lowest BCUT2D eigenvalue weighted by atomic mass is 10.0. The van der Waals surface area contributed by atoms with E-state index in [1.54, 1.807) is 0 Å². The molecule has 3 unspecified atom stereocenters. The van der Waals surface area contributed by atoms with E-state index >= 15 is 0 Å². The number of aliphatic carboxylic acids is 1. The van der Waals surface area contributed by atoms with Gasteiger partial charge in [0, 0.05) is 12.4 Å². The number of carbonyl (C=O) groups excluding carboxylic acids is 2. The largest absolute Gasteiger partial charge is 0.550 e. The van der Waals surface area contributed by atoms with Crippen molar-refractivity contribution in [2.45, 2.75) is 83.0 Å². The molecule has 0 aliphatic carbocycles. The van der Waals surface area contributed by atoms with Crippen molar-refractivity contribution in [1.82, 2.24) is 0 Å². The molecule has 0 amide bonds. The van der Waals surface area contributed by atoms with E-state index in [9.17, 15) is 24.9 Å². The number of quaternary nitrogens is 1. The van der Waals surface area contributed by atoms with E-state index < -0.39 is 36.7 Å². The number of nitrogens with zero attached hydrogens (tertiary/aromatic N) is 1. The molecule has 0 fully saturated rings. The average Bonchev–Trinajstić information content (AvgIpc) is 2.47. The molecule has 7 nitrogen and oxygen atoms in total. The quantitative estimate of drug-likeness (QED) is 0.247. The third-order valence-corrected chi connectivity index (χ3v) is 4.12. The monoisotopic (exact) mass is 375 g/mol. The predicted octanol–water partition coefficient (Wildman–Crippen LogP) is 0.607. The van der Waals surface area contributed by atoms with E-state index in [1.165, 1.54) is 19.3 Å². The lowest BCUT2D eigenvalue weighted by molar-refractivity contribution is -0.873. The number of carboxylic acids is 1. The van der Waals surface area contributed by atoms with Crippen molar-refractivity contribution in [3.63, 3.8) is 0 Å². The summed E-state index contributed by atoms with van der Waals surface area (Å²) in [6, 6.07) is 0. The first kappa shape index (κ1) is 24.8. The van der Waals surface area contributed by atoms with Gasteiger partial charge in [-0.25, -0.2) is 0 Å². The van der Waals surface area contributed by atoms with Crippen molar-refractivity contribution in [2.75, 3.05) is 27.7 Å². The second-order valence-electron chi connectivity index (χ2n) is 8.06. The summed E-state index contributed by atoms with van der Waals surface area (Å²) in [6.45, 7) is 2.47. The van der Waals surface area contributed by atoms with Crippen LogP contribution in [0.5, 0.6) is 0 Å². The Balaban J connectivity index is 4.25. The molecule has 0 aromatic heterocycles. The van der Waals surface area contributed by atoms with Gasteiger partial charge in [0.2, 0.25) is 0 Å². The van der Waals surface area contributed by atoms with Crippen LogP contribution in [0, 0.1) is 0 Å². The molecule has 0 heterocycles. The van der Waals surface area contributed by atoms with Crippen LogP contribution in [0.3, 0.4) is 0 Å². The van der Waals surface area contributed by atoms with Crippen molar-refractivity contribution in [2.24, 2.45) is 0 Å². The van der Waals surface area contributed by atoms with Crippen LogP contribution in [0.15, 0.2) is 0 Å². The molecular formula is C19H37NO6. The van der Waals surface area contributed by atoms with Gasteiger partial charge in [0.1, 0.15) is 6.54 Å². The summed E-state index contributed by atoms with van der Waals surface area (Å²) in [5.74, 6) is -2.00. The Labute approximate surface area is 157 Å². The van der Waals surface area contributed by atoms with Gasteiger partial charge in [0.25, 0.3) is 0 Å². The molecule has 0 bridgehead atoms. The molecule has 26 heavy (non-hydrogen) atoms. The number of aliphatic hydroxyl groups is 2. The number of carbonyl (C=O) groups is 2. The maximum Gasteiger partial charge on any atom is 0.309 e. The van der Waals surface area contributed by atoms with Gasteiger partial charge < -0.3 is 29.3 Å². The molecule has 0 aliphatic heterocycles. The summed E-state index contributed by atoms with van der Waals surface area (Å²) in [5, 5.41) is 30.8. The predicted molar refractivity (Wildman–Crippen MR) is 97.0 cm³/mol. The number of carboxylic acid groups (broad SMARTS) is 1. The third kappa shape index (κ3) is 14.0. The number of rotatable bonds is 15. The molecule has 7 heteroatoms. The van der Waals surface area contributed by atoms with Gasteiger partial charge in [-0.05, 0) is 6.42 Å². The molecule has 0 radical (unpaired) electrons. The van der Waals surface area contributed by atoms with Crippen LogP contribution in [-0.4, -0.2) is 72.6 Å². The Morgan fingerprint density at radius 3 is 2.08 bits per heavy atom. The second-order valence-corrected chi connectivity index (χ2v) is 8.06. The maximum atomic E-state index is 12.0. The first-order valence-corrected chi connectivity index (χ1v) is 9.61. The van der Waals surface area contributed by atoms with Gasteiger partial charge in [0.15, 0.2) is 6.10 Å². The molecule has 154 valence electrons. The maximum absolute atomic E-state index is 12.0. The van der Waals surface area contributed by atoms with Crippen LogP contribution in [-0.2, 0) is 14.3 Å². The van der Waals surface area contributed by atoms with Crippen LogP contribution in [0.4, 0.5) is 0 Å². The van der Waals surface area contributed by atoms with Crippen LogP contribution < -0.4 is 5.11 Å². The number of ether oxygens (including phenoxy) is 1. The topological polar surface area (TPSA) is 107 Å².